The van der Waals surface area contributed by atoms with Gasteiger partial charge in [-0.1, -0.05) is 53.5 Å². The van der Waals surface area contributed by atoms with Gasteiger partial charge in [-0.2, -0.15) is 0 Å². The largest absolute Gasteiger partial charge is 0.487 e. The van der Waals surface area contributed by atoms with Crippen LogP contribution in [0, 0.1) is 10.1 Å². The Morgan fingerprint density at radius 3 is 2.39 bits per heavy atom. The zero-order valence-corrected chi connectivity index (χ0v) is 16.3. The lowest BCUT2D eigenvalue weighted by molar-refractivity contribution is -0.742. The number of halogens is 2. The van der Waals surface area contributed by atoms with Gasteiger partial charge >= 0.3 is 0 Å². The second kappa shape index (κ2) is 11.2. The molecule has 28 heavy (non-hydrogen) atoms. The van der Waals surface area contributed by atoms with Crippen LogP contribution in [0.2, 0.25) is 10.0 Å². The van der Waals surface area contributed by atoms with Crippen LogP contribution >= 0.6 is 23.2 Å². The van der Waals surface area contributed by atoms with Crippen LogP contribution in [0.4, 0.5) is 0 Å². The summed E-state index contributed by atoms with van der Waals surface area (Å²) in [6.45, 7) is 0.704. The van der Waals surface area contributed by atoms with Crippen molar-refractivity contribution in [2.24, 2.45) is 0 Å². The molecule has 1 N–H and O–H groups in total. The number of aromatic nitrogens is 2. The summed E-state index contributed by atoms with van der Waals surface area (Å²) in [7, 11) is 0. The number of imidazole rings is 1. The molecule has 0 bridgehead atoms. The minimum atomic E-state index is -1.50. The van der Waals surface area contributed by atoms with Gasteiger partial charge in [-0.15, -0.1) is 10.1 Å². The minimum Gasteiger partial charge on any atom is -0.487 e. The van der Waals surface area contributed by atoms with Crippen LogP contribution in [0.5, 0.6) is 5.75 Å². The van der Waals surface area contributed by atoms with Crippen molar-refractivity contribution in [1.29, 1.82) is 0 Å². The van der Waals surface area contributed by atoms with E-state index in [1.165, 1.54) is 0 Å². The molecule has 0 fully saturated rings. The van der Waals surface area contributed by atoms with Crippen LogP contribution in [0.3, 0.4) is 0 Å². The first-order chi connectivity index (χ1) is 13.5. The molecule has 1 aromatic heterocycles. The SMILES string of the molecule is Clc1ccccc1CCC(Cn1ccnc1)Oc1ccccc1Cl.O=[N+]([O-])O. The molecule has 0 saturated heterocycles. The molecular weight excluding hydrogens is 405 g/mol. The fourth-order valence-corrected chi connectivity index (χ4v) is 2.97. The van der Waals surface area contributed by atoms with Crippen LogP contribution < -0.4 is 4.74 Å². The first-order valence-corrected chi connectivity index (χ1v) is 9.15. The van der Waals surface area contributed by atoms with Gasteiger partial charge in [0.2, 0.25) is 0 Å². The smallest absolute Gasteiger partial charge is 0.291 e. The number of hydrogen-bond donors (Lipinski definition) is 1. The first kappa shape index (κ1) is 21.5. The summed E-state index contributed by atoms with van der Waals surface area (Å²) in [6.07, 6.45) is 7.11. The molecular formula is C19H19Cl2N3O4. The molecule has 0 aliphatic rings. The Labute approximate surface area is 172 Å². The van der Waals surface area contributed by atoms with Crippen LogP contribution in [0.25, 0.3) is 0 Å². The third-order valence-electron chi connectivity index (χ3n) is 3.80. The molecule has 1 unspecified atom stereocenters. The molecule has 3 aromatic rings. The number of ether oxygens (including phenoxy) is 1. The third kappa shape index (κ3) is 7.46. The predicted molar refractivity (Wildman–Crippen MR) is 107 cm³/mol. The van der Waals surface area contributed by atoms with Gasteiger partial charge < -0.3 is 14.5 Å². The standard InChI is InChI=1S/C19H18Cl2N2O.HNO3/c20-17-6-2-1-5-15(17)9-10-16(13-23-12-11-22-14-23)24-19-8-4-3-7-18(19)21;2-1(3)4/h1-8,11-12,14,16H,9-10,13H2;(H,2,3,4). The number of benzene rings is 2. The Hall–Kier alpha value is -2.77. The summed E-state index contributed by atoms with van der Waals surface area (Å²) in [5, 5.41) is 15.0. The molecule has 0 saturated carbocycles. The van der Waals surface area contributed by atoms with Gasteiger partial charge in [-0.25, -0.2) is 4.98 Å². The van der Waals surface area contributed by atoms with E-state index in [-0.39, 0.29) is 6.10 Å². The number of hydrogen-bond acceptors (Lipinski definition) is 4. The van der Waals surface area contributed by atoms with Crippen molar-refractivity contribution >= 4 is 23.2 Å². The zero-order chi connectivity index (χ0) is 20.4. The number of rotatable bonds is 7. The van der Waals surface area contributed by atoms with E-state index in [2.05, 4.69) is 4.98 Å². The van der Waals surface area contributed by atoms with Crippen LogP contribution in [0.15, 0.2) is 67.3 Å². The summed E-state index contributed by atoms with van der Waals surface area (Å²) < 4.78 is 8.16. The fourth-order valence-electron chi connectivity index (χ4n) is 2.55. The number of para-hydroxylation sites is 1. The Morgan fingerprint density at radius 1 is 1.14 bits per heavy atom. The lowest BCUT2D eigenvalue weighted by atomic mass is 10.1. The lowest BCUT2D eigenvalue weighted by Gasteiger charge is -2.20. The molecule has 0 aliphatic carbocycles. The highest BCUT2D eigenvalue weighted by atomic mass is 35.5. The fraction of sp³-hybridized carbons (Fsp3) is 0.211. The molecule has 3 rings (SSSR count). The van der Waals surface area contributed by atoms with E-state index in [0.717, 1.165) is 23.4 Å². The monoisotopic (exact) mass is 423 g/mol. The van der Waals surface area contributed by atoms with Gasteiger partial charge in [-0.05, 0) is 36.6 Å². The Bertz CT molecular complexity index is 871. The molecule has 148 valence electrons. The van der Waals surface area contributed by atoms with E-state index < -0.39 is 5.09 Å². The zero-order valence-electron chi connectivity index (χ0n) is 14.8. The highest BCUT2D eigenvalue weighted by Gasteiger charge is 2.14. The summed E-state index contributed by atoms with van der Waals surface area (Å²) >= 11 is 12.5. The van der Waals surface area contributed by atoms with Gasteiger partial charge in [-0.3, -0.25) is 0 Å². The normalized spacial score (nSPS) is 11.2. The minimum absolute atomic E-state index is 0.0321. The van der Waals surface area contributed by atoms with Crippen molar-refractivity contribution in [3.05, 3.63) is 93.0 Å². The maximum atomic E-state index is 8.36. The number of aryl methyl sites for hydroxylation is 1. The highest BCUT2D eigenvalue weighted by Crippen LogP contribution is 2.26. The average Bonchev–Trinajstić information content (AvgIpc) is 3.15. The third-order valence-corrected chi connectivity index (χ3v) is 4.48. The van der Waals surface area contributed by atoms with Crippen molar-refractivity contribution in [3.63, 3.8) is 0 Å². The van der Waals surface area contributed by atoms with Crippen molar-refractivity contribution in [2.45, 2.75) is 25.5 Å². The number of nitrogens with zero attached hydrogens (tertiary/aromatic N) is 3. The summed E-state index contributed by atoms with van der Waals surface area (Å²) in [5.74, 6) is 0.698. The molecule has 1 atom stereocenters. The lowest BCUT2D eigenvalue weighted by Crippen LogP contribution is -2.23. The Kier molecular flexibility index (Phi) is 8.58. The first-order valence-electron chi connectivity index (χ1n) is 8.39. The van der Waals surface area contributed by atoms with Crippen LogP contribution in [-0.2, 0) is 13.0 Å². The summed E-state index contributed by atoms with van der Waals surface area (Å²) in [4.78, 5) is 12.5. The molecule has 0 amide bonds. The van der Waals surface area contributed by atoms with Gasteiger partial charge in [0.25, 0.3) is 5.09 Å². The highest BCUT2D eigenvalue weighted by molar-refractivity contribution is 6.32. The van der Waals surface area contributed by atoms with Gasteiger partial charge in [0.1, 0.15) is 11.9 Å². The molecule has 0 aliphatic heterocycles. The van der Waals surface area contributed by atoms with E-state index in [1.54, 1.807) is 12.5 Å². The Balaban J connectivity index is 0.000000640. The summed E-state index contributed by atoms with van der Waals surface area (Å²) in [6, 6.07) is 15.4. The molecule has 0 spiro atoms. The second-order valence-corrected chi connectivity index (χ2v) is 6.61. The van der Waals surface area contributed by atoms with E-state index in [1.807, 2.05) is 59.3 Å². The van der Waals surface area contributed by atoms with Crippen molar-refractivity contribution in [3.8, 4) is 5.75 Å². The van der Waals surface area contributed by atoms with E-state index in [4.69, 9.17) is 43.3 Å². The van der Waals surface area contributed by atoms with Gasteiger partial charge in [0.05, 0.1) is 17.9 Å². The van der Waals surface area contributed by atoms with Crippen LogP contribution in [0.1, 0.15) is 12.0 Å². The molecule has 9 heteroatoms. The van der Waals surface area contributed by atoms with Crippen molar-refractivity contribution in [1.82, 2.24) is 9.55 Å². The average molecular weight is 424 g/mol. The van der Waals surface area contributed by atoms with E-state index in [9.17, 15) is 0 Å². The second-order valence-electron chi connectivity index (χ2n) is 5.80. The maximum absolute atomic E-state index is 8.36. The van der Waals surface area contributed by atoms with Gasteiger partial charge in [0.15, 0.2) is 0 Å². The molecule has 1 heterocycles. The molecule has 7 nitrogen and oxygen atoms in total. The Morgan fingerprint density at radius 2 is 1.79 bits per heavy atom. The van der Waals surface area contributed by atoms with Crippen LogP contribution in [-0.4, -0.2) is 25.9 Å². The topological polar surface area (TPSA) is 90.4 Å². The summed E-state index contributed by atoms with van der Waals surface area (Å²) in [5.41, 5.74) is 1.12. The van der Waals surface area contributed by atoms with Crippen molar-refractivity contribution < 1.29 is 15.0 Å². The predicted octanol–water partition coefficient (Wildman–Crippen LogP) is 4.92. The van der Waals surface area contributed by atoms with E-state index in [0.29, 0.717) is 17.3 Å². The maximum Gasteiger partial charge on any atom is 0.291 e. The molecule has 2 aromatic carbocycles. The molecule has 0 radical (unpaired) electrons. The van der Waals surface area contributed by atoms with Crippen molar-refractivity contribution in [2.75, 3.05) is 0 Å². The van der Waals surface area contributed by atoms with E-state index >= 15 is 0 Å². The van der Waals surface area contributed by atoms with Gasteiger partial charge in [0, 0.05) is 17.4 Å². The quantitative estimate of drug-likeness (QED) is 0.429.